The number of amides is 1. The van der Waals surface area contributed by atoms with Crippen LogP contribution in [0.25, 0.3) is 11.3 Å². The van der Waals surface area contributed by atoms with E-state index in [1.165, 1.54) is 23.1 Å². The zero-order valence-electron chi connectivity index (χ0n) is 16.9. The summed E-state index contributed by atoms with van der Waals surface area (Å²) in [6.07, 6.45) is 4.67. The summed E-state index contributed by atoms with van der Waals surface area (Å²) in [6, 6.07) is 9.97. The monoisotopic (exact) mass is 424 g/mol. The molecule has 29 heavy (non-hydrogen) atoms. The molecule has 0 atom stereocenters. The van der Waals surface area contributed by atoms with E-state index in [1.54, 1.807) is 11.0 Å². The van der Waals surface area contributed by atoms with E-state index in [0.29, 0.717) is 24.5 Å². The van der Waals surface area contributed by atoms with Gasteiger partial charge in [-0.25, -0.2) is 15.0 Å². The van der Waals surface area contributed by atoms with Gasteiger partial charge < -0.3 is 0 Å². The highest BCUT2D eigenvalue weighted by Crippen LogP contribution is 2.28. The van der Waals surface area contributed by atoms with Gasteiger partial charge in [0.2, 0.25) is 5.91 Å². The van der Waals surface area contributed by atoms with Crippen LogP contribution in [-0.4, -0.2) is 33.7 Å². The Labute approximate surface area is 179 Å². The maximum absolute atomic E-state index is 13.0. The van der Waals surface area contributed by atoms with Gasteiger partial charge in [0.15, 0.2) is 10.3 Å². The van der Waals surface area contributed by atoms with Gasteiger partial charge in [0.25, 0.3) is 0 Å². The highest BCUT2D eigenvalue weighted by Gasteiger charge is 2.19. The van der Waals surface area contributed by atoms with Crippen molar-refractivity contribution in [2.45, 2.75) is 31.8 Å². The van der Waals surface area contributed by atoms with Gasteiger partial charge in [-0.15, -0.1) is 17.9 Å². The van der Waals surface area contributed by atoms with E-state index in [9.17, 15) is 4.79 Å². The van der Waals surface area contributed by atoms with E-state index < -0.39 is 0 Å². The second-order valence-corrected chi connectivity index (χ2v) is 8.14. The van der Waals surface area contributed by atoms with Crippen molar-refractivity contribution in [3.8, 4) is 11.3 Å². The molecule has 1 amide bonds. The number of anilines is 1. The summed E-state index contributed by atoms with van der Waals surface area (Å²) in [6.45, 7) is 8.18. The normalized spacial score (nSPS) is 10.7. The van der Waals surface area contributed by atoms with Crippen LogP contribution in [0.1, 0.15) is 23.4 Å². The largest absolute Gasteiger partial charge is 0.284 e. The van der Waals surface area contributed by atoms with Crippen LogP contribution in [0.15, 0.2) is 53.5 Å². The van der Waals surface area contributed by atoms with Gasteiger partial charge in [-0.2, -0.15) is 0 Å². The van der Waals surface area contributed by atoms with Crippen LogP contribution >= 0.6 is 23.1 Å². The molecule has 0 unspecified atom stereocenters. The lowest BCUT2D eigenvalue weighted by Crippen LogP contribution is -2.31. The minimum Gasteiger partial charge on any atom is -0.284 e. The van der Waals surface area contributed by atoms with Crippen LogP contribution in [0.2, 0.25) is 0 Å². The van der Waals surface area contributed by atoms with Crippen molar-refractivity contribution in [3.63, 3.8) is 0 Å². The average molecular weight is 425 g/mol. The summed E-state index contributed by atoms with van der Waals surface area (Å²) in [5, 5.41) is 3.44. The number of thiazole rings is 1. The van der Waals surface area contributed by atoms with Crippen LogP contribution in [-0.2, 0) is 11.2 Å². The van der Waals surface area contributed by atoms with E-state index >= 15 is 0 Å². The number of aryl methyl sites for hydroxylation is 2. The van der Waals surface area contributed by atoms with Crippen LogP contribution in [0.5, 0.6) is 0 Å². The van der Waals surface area contributed by atoms with Crippen LogP contribution in [0, 0.1) is 13.8 Å². The Morgan fingerprint density at radius 2 is 1.86 bits per heavy atom. The minimum absolute atomic E-state index is 0.0200. The predicted molar refractivity (Wildman–Crippen MR) is 122 cm³/mol. The van der Waals surface area contributed by atoms with Gasteiger partial charge >= 0.3 is 0 Å². The Bertz CT molecular complexity index is 978. The highest BCUT2D eigenvalue weighted by molar-refractivity contribution is 7.98. The minimum atomic E-state index is 0.0200. The topological polar surface area (TPSA) is 59.0 Å². The third kappa shape index (κ3) is 5.10. The zero-order valence-corrected chi connectivity index (χ0v) is 18.5. The summed E-state index contributed by atoms with van der Waals surface area (Å²) in [7, 11) is 0. The molecule has 3 rings (SSSR count). The SMILES string of the molecule is C=CCN(C(=O)CCc1c(C)nc(SC)nc1C)c1nc(-c2ccccc2)cs1. The maximum atomic E-state index is 13.0. The lowest BCUT2D eigenvalue weighted by atomic mass is 10.1. The number of thioether (sulfide) groups is 1. The molecule has 0 N–H and O–H groups in total. The molecule has 1 aromatic carbocycles. The Hall–Kier alpha value is -2.51. The lowest BCUT2D eigenvalue weighted by molar-refractivity contribution is -0.118. The first kappa shape index (κ1) is 21.2. The molecule has 0 aliphatic rings. The number of hydrogen-bond acceptors (Lipinski definition) is 6. The van der Waals surface area contributed by atoms with Crippen LogP contribution in [0.4, 0.5) is 5.13 Å². The van der Waals surface area contributed by atoms with Crippen molar-refractivity contribution in [3.05, 3.63) is 65.3 Å². The van der Waals surface area contributed by atoms with Crippen molar-refractivity contribution in [2.24, 2.45) is 0 Å². The fraction of sp³-hybridized carbons (Fsp3) is 0.273. The van der Waals surface area contributed by atoms with Gasteiger partial charge in [0.05, 0.1) is 5.69 Å². The first-order valence-corrected chi connectivity index (χ1v) is 11.4. The Kier molecular flexibility index (Phi) is 7.17. The molecule has 0 aliphatic heterocycles. The van der Waals surface area contributed by atoms with E-state index in [-0.39, 0.29) is 5.91 Å². The quantitative estimate of drug-likeness (QED) is 0.286. The Morgan fingerprint density at radius 1 is 1.17 bits per heavy atom. The van der Waals surface area contributed by atoms with E-state index in [1.807, 2.05) is 55.8 Å². The third-order valence-corrected chi connectivity index (χ3v) is 5.99. The van der Waals surface area contributed by atoms with Gasteiger partial charge in [-0.1, -0.05) is 48.2 Å². The molecule has 0 aliphatic carbocycles. The van der Waals surface area contributed by atoms with E-state index in [0.717, 1.165) is 33.4 Å². The van der Waals surface area contributed by atoms with Gasteiger partial charge in [-0.3, -0.25) is 9.69 Å². The first-order chi connectivity index (χ1) is 14.0. The van der Waals surface area contributed by atoms with Gasteiger partial charge in [0.1, 0.15) is 0 Å². The second kappa shape index (κ2) is 9.80. The molecule has 0 radical (unpaired) electrons. The highest BCUT2D eigenvalue weighted by atomic mass is 32.2. The second-order valence-electron chi connectivity index (χ2n) is 6.53. The van der Waals surface area contributed by atoms with E-state index in [2.05, 4.69) is 21.5 Å². The van der Waals surface area contributed by atoms with Crippen molar-refractivity contribution in [1.82, 2.24) is 15.0 Å². The molecular formula is C22H24N4OS2. The number of benzene rings is 1. The first-order valence-electron chi connectivity index (χ1n) is 9.33. The summed E-state index contributed by atoms with van der Waals surface area (Å²) in [4.78, 5) is 28.4. The molecule has 0 saturated heterocycles. The average Bonchev–Trinajstić information content (AvgIpc) is 3.21. The fourth-order valence-electron chi connectivity index (χ4n) is 3.07. The molecule has 3 aromatic rings. The maximum Gasteiger partial charge on any atom is 0.229 e. The van der Waals surface area contributed by atoms with Gasteiger partial charge in [-0.05, 0) is 32.1 Å². The molecule has 5 nitrogen and oxygen atoms in total. The number of carbonyl (C=O) groups excluding carboxylic acids is 1. The molecular weight excluding hydrogens is 400 g/mol. The summed E-state index contributed by atoms with van der Waals surface area (Å²) >= 11 is 3.00. The van der Waals surface area contributed by atoms with Gasteiger partial charge in [0, 0.05) is 35.3 Å². The number of rotatable bonds is 8. The molecule has 150 valence electrons. The molecule has 0 fully saturated rings. The molecule has 0 bridgehead atoms. The number of aromatic nitrogens is 3. The summed E-state index contributed by atoms with van der Waals surface area (Å²) in [5.41, 5.74) is 4.83. The van der Waals surface area contributed by atoms with Crippen LogP contribution in [0.3, 0.4) is 0 Å². The van der Waals surface area contributed by atoms with Crippen molar-refractivity contribution in [1.29, 1.82) is 0 Å². The molecule has 7 heteroatoms. The van der Waals surface area contributed by atoms with Crippen molar-refractivity contribution in [2.75, 3.05) is 17.7 Å². The standard InChI is InChI=1S/C22H24N4OS2/c1-5-13-26(22-25-19(14-29-22)17-9-7-6-8-10-17)20(27)12-11-18-15(2)23-21(28-4)24-16(18)3/h5-10,14H,1,11-13H2,2-4H3. The Morgan fingerprint density at radius 3 is 2.48 bits per heavy atom. The molecule has 0 spiro atoms. The molecule has 2 heterocycles. The molecule has 2 aromatic heterocycles. The zero-order chi connectivity index (χ0) is 20.8. The smallest absolute Gasteiger partial charge is 0.229 e. The van der Waals surface area contributed by atoms with Crippen molar-refractivity contribution >= 4 is 34.1 Å². The number of hydrogen-bond donors (Lipinski definition) is 0. The number of nitrogens with zero attached hydrogens (tertiary/aromatic N) is 4. The number of carbonyl (C=O) groups is 1. The van der Waals surface area contributed by atoms with Crippen LogP contribution < -0.4 is 4.90 Å². The van der Waals surface area contributed by atoms with E-state index in [4.69, 9.17) is 0 Å². The predicted octanol–water partition coefficient (Wildman–Crippen LogP) is 5.09. The third-order valence-electron chi connectivity index (χ3n) is 4.58. The summed E-state index contributed by atoms with van der Waals surface area (Å²) < 4.78 is 0. The lowest BCUT2D eigenvalue weighted by Gasteiger charge is -2.18. The summed E-state index contributed by atoms with van der Waals surface area (Å²) in [5.74, 6) is 0.0200. The Balaban J connectivity index is 1.76. The van der Waals surface area contributed by atoms with Crippen molar-refractivity contribution < 1.29 is 4.79 Å². The fourth-order valence-corrected chi connectivity index (χ4v) is 4.39. The molecule has 0 saturated carbocycles.